The van der Waals surface area contributed by atoms with Crippen LogP contribution in [0, 0.1) is 0 Å². The van der Waals surface area contributed by atoms with Crippen molar-refractivity contribution in [1.29, 1.82) is 0 Å². The Morgan fingerprint density at radius 2 is 0.889 bits per heavy atom. The smallest absolute Gasteiger partial charge is 0.0771 e. The van der Waals surface area contributed by atoms with E-state index in [0.717, 1.165) is 0 Å². The van der Waals surface area contributed by atoms with Crippen LogP contribution in [-0.4, -0.2) is 3.71 Å². The maximum atomic E-state index is 5.37. The van der Waals surface area contributed by atoms with Gasteiger partial charge in [-0.3, -0.25) is 0 Å². The van der Waals surface area contributed by atoms with Crippen LogP contribution in [0.5, 0.6) is 0 Å². The Morgan fingerprint density at radius 1 is 0.528 bits per heavy atom. The molecule has 0 aliphatic heterocycles. The molecule has 3 heteroatoms. The summed E-state index contributed by atoms with van der Waals surface area (Å²) in [6.07, 6.45) is 0. The zero-order chi connectivity index (χ0) is 25.2. The Bertz CT molecular complexity index is 1500. The van der Waals surface area contributed by atoms with Crippen molar-refractivity contribution in [2.45, 2.75) is 6.92 Å². The molecule has 36 heavy (non-hydrogen) atoms. The Kier molecular flexibility index (Phi) is 9.94. The molecule has 0 N–H and O–H groups in total. The summed E-state index contributed by atoms with van der Waals surface area (Å²) in [5.74, 6) is 0. The van der Waals surface area contributed by atoms with Gasteiger partial charge in [-0.05, 0) is 0 Å². The monoisotopic (exact) mass is 583 g/mol. The van der Waals surface area contributed by atoms with Crippen molar-refractivity contribution in [2.75, 3.05) is 0 Å². The van der Waals surface area contributed by atoms with E-state index in [0.29, 0.717) is 0 Å². The Balaban J connectivity index is 0.000000119. The largest absolute Gasteiger partial charge is 0.168 e. The van der Waals surface area contributed by atoms with Crippen LogP contribution in [0.25, 0.3) is 43.1 Å². The molecule has 7 aromatic carbocycles. The van der Waals surface area contributed by atoms with Gasteiger partial charge in [0.1, 0.15) is 0 Å². The van der Waals surface area contributed by atoms with Crippen molar-refractivity contribution in [2.24, 2.45) is 0 Å². The molecule has 0 saturated heterocycles. The van der Waals surface area contributed by atoms with Gasteiger partial charge < -0.3 is 0 Å². The van der Waals surface area contributed by atoms with E-state index >= 15 is 0 Å². The summed E-state index contributed by atoms with van der Waals surface area (Å²) in [7, 11) is 10.7. The zero-order valence-electron chi connectivity index (χ0n) is 20.1. The van der Waals surface area contributed by atoms with E-state index < -0.39 is 18.9 Å². The van der Waals surface area contributed by atoms with Crippen molar-refractivity contribution >= 4 is 63.8 Å². The van der Waals surface area contributed by atoms with E-state index in [1.807, 2.05) is 10.6 Å². The summed E-state index contributed by atoms with van der Waals surface area (Å²) in [6, 6.07) is 48.6. The Hall–Kier alpha value is -2.70. The number of halogens is 2. The molecule has 0 aliphatic rings. The Morgan fingerprint density at radius 3 is 1.28 bits per heavy atom. The summed E-state index contributed by atoms with van der Waals surface area (Å²) in [5, 5.41) is 10.7. The second-order valence-corrected chi connectivity index (χ2v) is 17.0. The molecule has 180 valence electrons. The van der Waals surface area contributed by atoms with E-state index in [1.165, 1.54) is 43.1 Å². The first kappa shape index (κ1) is 26.4. The summed E-state index contributed by atoms with van der Waals surface area (Å²) in [5.41, 5.74) is 0. The van der Waals surface area contributed by atoms with E-state index in [9.17, 15) is 0 Å². The van der Waals surface area contributed by atoms with Gasteiger partial charge in [-0.25, -0.2) is 0 Å². The predicted molar refractivity (Wildman–Crippen MR) is 160 cm³/mol. The minimum Gasteiger partial charge on any atom is -0.168 e. The van der Waals surface area contributed by atoms with Crippen LogP contribution in [0.3, 0.4) is 0 Å². The molecule has 0 saturated carbocycles. The van der Waals surface area contributed by atoms with E-state index in [1.54, 1.807) is 0 Å². The zero-order valence-corrected chi connectivity index (χ0v) is 24.1. The third-order valence-corrected chi connectivity index (χ3v) is 9.49. The normalized spacial score (nSPS) is 10.1. The first-order chi connectivity index (χ1) is 17.7. The quantitative estimate of drug-likeness (QED) is 0.155. The molecule has 0 unspecified atom stereocenters. The number of benzene rings is 4. The fourth-order valence-corrected chi connectivity index (χ4v) is 4.04. The average molecular weight is 586 g/mol. The van der Waals surface area contributed by atoms with Crippen LogP contribution >= 0.6 is 17.0 Å². The molecule has 0 heterocycles. The summed E-state index contributed by atoms with van der Waals surface area (Å²) >= 11 is -1.76. The minimum atomic E-state index is -1.76. The van der Waals surface area contributed by atoms with Gasteiger partial charge in [0.25, 0.3) is 0 Å². The van der Waals surface area contributed by atoms with Gasteiger partial charge in [0, 0.05) is 0 Å². The number of rotatable bonds is 0. The molecule has 0 bridgehead atoms. The first-order valence-electron chi connectivity index (χ1n) is 11.9. The number of fused-ring (bicyclic) bond motifs is 5. The maximum Gasteiger partial charge on any atom is -0.0771 e. The molecule has 7 aromatic rings. The van der Waals surface area contributed by atoms with Gasteiger partial charge in [0.05, 0.1) is 0 Å². The van der Waals surface area contributed by atoms with Crippen molar-refractivity contribution < 1.29 is 18.9 Å². The summed E-state index contributed by atoms with van der Waals surface area (Å²) in [4.78, 5) is 0. The molecule has 0 radical (unpaired) electrons. The molecular formula is C33H27Cl2Zr-3. The number of hydrogen-bond acceptors (Lipinski definition) is 0. The summed E-state index contributed by atoms with van der Waals surface area (Å²) in [6.45, 7) is 1.90. The molecule has 0 nitrogen and oxygen atoms in total. The van der Waals surface area contributed by atoms with Gasteiger partial charge in [-0.1, -0.05) is 48.5 Å². The average Bonchev–Trinajstić information content (AvgIpc) is 3.68. The molecular weight excluding hydrogens is 558 g/mol. The topological polar surface area (TPSA) is 0 Å². The van der Waals surface area contributed by atoms with Crippen molar-refractivity contribution in [3.63, 3.8) is 0 Å². The fraction of sp³-hybridized carbons (Fsp3) is 0.0303. The van der Waals surface area contributed by atoms with Gasteiger partial charge in [-0.15, -0.1) is 99.0 Å². The van der Waals surface area contributed by atoms with Crippen molar-refractivity contribution in [3.05, 3.63) is 140 Å². The van der Waals surface area contributed by atoms with E-state index in [-0.39, 0.29) is 0 Å². The molecule has 0 fully saturated rings. The van der Waals surface area contributed by atoms with Crippen LogP contribution in [0.2, 0.25) is 0 Å². The Labute approximate surface area is 227 Å². The standard InChI is InChI=1S/C13H9.2C9H7.C2H4.2ClH.Zr/c1-3-7-12-10(5-1)9-11-6-2-4-8-13(11)12;2*1-2-5-9-7-3-6-8(9)4-1;1-2;;;/h1-9H;2*1-7H;1H,2H3;2*1H;/q3*-1;;;;+2/p-2. The van der Waals surface area contributed by atoms with Crippen LogP contribution in [-0.2, 0) is 18.9 Å². The SMILES string of the molecule is C[CH]=[Zr]([Cl])[Cl].c1ccc2[cH-]ccc2c1.c1ccc2[cH-]ccc2c1.c1ccc2c(c1)[cH-]c1ccccc12. The second kappa shape index (κ2) is 13.6. The number of hydrogen-bond donors (Lipinski definition) is 0. The van der Waals surface area contributed by atoms with Crippen LogP contribution < -0.4 is 0 Å². The third-order valence-electron chi connectivity index (χ3n) is 5.84. The predicted octanol–water partition coefficient (Wildman–Crippen LogP) is 10.6. The van der Waals surface area contributed by atoms with Gasteiger partial charge >= 0.3 is 46.5 Å². The van der Waals surface area contributed by atoms with Crippen LogP contribution in [0.1, 0.15) is 6.92 Å². The van der Waals surface area contributed by atoms with Crippen molar-refractivity contribution in [1.82, 2.24) is 0 Å². The fourth-order valence-electron chi connectivity index (χ4n) is 4.04. The van der Waals surface area contributed by atoms with Gasteiger partial charge in [0.15, 0.2) is 0 Å². The van der Waals surface area contributed by atoms with Crippen molar-refractivity contribution in [3.8, 4) is 0 Å². The molecule has 7 rings (SSSR count). The maximum absolute atomic E-state index is 5.37. The summed E-state index contributed by atoms with van der Waals surface area (Å²) < 4.78 is 1.89. The van der Waals surface area contributed by atoms with Crippen LogP contribution in [0.4, 0.5) is 0 Å². The van der Waals surface area contributed by atoms with E-state index in [2.05, 4.69) is 140 Å². The van der Waals surface area contributed by atoms with Gasteiger partial charge in [-0.2, -0.15) is 35.0 Å². The molecule has 0 atom stereocenters. The molecule has 0 aliphatic carbocycles. The molecule has 0 spiro atoms. The van der Waals surface area contributed by atoms with Gasteiger partial charge in [0.2, 0.25) is 0 Å². The van der Waals surface area contributed by atoms with E-state index in [4.69, 9.17) is 17.0 Å². The third kappa shape index (κ3) is 7.17. The first-order valence-corrected chi connectivity index (χ1v) is 19.6. The van der Waals surface area contributed by atoms with Crippen LogP contribution in [0.15, 0.2) is 140 Å². The molecule has 0 aromatic heterocycles. The minimum absolute atomic E-state index is 1.33. The molecule has 0 amide bonds. The second-order valence-electron chi connectivity index (χ2n) is 8.21.